The molecule has 4 rings (SSSR count). The number of pyridine rings is 1. The first kappa shape index (κ1) is 39.6. The Labute approximate surface area is 297 Å². The van der Waals surface area contributed by atoms with Crippen LogP contribution >= 0.6 is 0 Å². The van der Waals surface area contributed by atoms with Gasteiger partial charge in [0.05, 0.1) is 31.7 Å². The molecule has 0 aliphatic carbocycles. The predicted octanol–water partition coefficient (Wildman–Crippen LogP) is 7.50. The largest absolute Gasteiger partial charge is 0.496 e. The molecule has 0 bridgehead atoms. The zero-order valence-corrected chi connectivity index (χ0v) is 30.7. The minimum Gasteiger partial charge on any atom is -0.496 e. The van der Waals surface area contributed by atoms with E-state index in [1.165, 1.54) is 0 Å². The Kier molecular flexibility index (Phi) is 12.8. The summed E-state index contributed by atoms with van der Waals surface area (Å²) in [6.07, 6.45) is -3.93. The van der Waals surface area contributed by atoms with Gasteiger partial charge in [-0.05, 0) is 104 Å². The molecule has 1 unspecified atom stereocenters. The fourth-order valence-corrected chi connectivity index (χ4v) is 6.96. The molecule has 1 aliphatic heterocycles. The van der Waals surface area contributed by atoms with Crippen LogP contribution in [0.2, 0.25) is 0 Å². The summed E-state index contributed by atoms with van der Waals surface area (Å²) < 4.78 is 70.3. The highest BCUT2D eigenvalue weighted by Crippen LogP contribution is 2.37. The zero-order chi connectivity index (χ0) is 37.8. The first-order valence-corrected chi connectivity index (χ1v) is 17.4. The minimum atomic E-state index is -4.77. The van der Waals surface area contributed by atoms with Gasteiger partial charge in [-0.1, -0.05) is 26.8 Å². The Morgan fingerprint density at radius 3 is 2.33 bits per heavy atom. The monoisotopic (exact) mass is 715 g/mol. The molecule has 2 atom stereocenters. The Hall–Kier alpha value is -4.19. The third-order valence-electron chi connectivity index (χ3n) is 9.42. The number of carbonyl (C=O) groups is 2. The molecule has 1 amide bonds. The molecule has 51 heavy (non-hydrogen) atoms. The first-order valence-electron chi connectivity index (χ1n) is 17.4. The fraction of sp³-hybridized carbons (Fsp3) is 0.513. The van der Waals surface area contributed by atoms with Crippen molar-refractivity contribution in [3.8, 4) is 16.9 Å². The van der Waals surface area contributed by atoms with Gasteiger partial charge >= 0.3 is 12.1 Å². The van der Waals surface area contributed by atoms with E-state index in [1.807, 2.05) is 44.7 Å². The number of carbonyl (C=O) groups excluding carboxylic acids is 2. The van der Waals surface area contributed by atoms with Crippen molar-refractivity contribution in [1.29, 1.82) is 0 Å². The Bertz CT molecular complexity index is 1800. The number of hydrogen-bond acceptors (Lipinski definition) is 6. The summed E-state index contributed by atoms with van der Waals surface area (Å²) in [5.41, 5.74) is 1.34. The van der Waals surface area contributed by atoms with Gasteiger partial charge in [0, 0.05) is 37.5 Å². The van der Waals surface area contributed by atoms with Crippen molar-refractivity contribution in [2.75, 3.05) is 33.4 Å². The van der Waals surface area contributed by atoms with Crippen molar-refractivity contribution in [3.05, 3.63) is 86.1 Å². The van der Waals surface area contributed by atoms with E-state index in [0.717, 1.165) is 40.5 Å². The van der Waals surface area contributed by atoms with Crippen molar-refractivity contribution < 1.29 is 36.6 Å². The summed E-state index contributed by atoms with van der Waals surface area (Å²) in [7, 11) is 1.55. The van der Waals surface area contributed by atoms with Gasteiger partial charge in [0.1, 0.15) is 17.6 Å². The number of nitrogens with one attached hydrogen (secondary N) is 1. The van der Waals surface area contributed by atoms with E-state index in [2.05, 4.69) is 12.2 Å². The maximum Gasteiger partial charge on any atom is 0.416 e. The highest BCUT2D eigenvalue weighted by atomic mass is 19.4. The molecule has 1 aliphatic rings. The van der Waals surface area contributed by atoms with Crippen LogP contribution < -0.4 is 15.6 Å². The molecule has 8 nitrogen and oxygen atoms in total. The van der Waals surface area contributed by atoms with Gasteiger partial charge < -0.3 is 24.3 Å². The molecule has 3 aromatic rings. The third kappa shape index (κ3) is 9.38. The topological polar surface area (TPSA) is 89.9 Å². The van der Waals surface area contributed by atoms with Gasteiger partial charge in [-0.2, -0.15) is 13.2 Å². The maximum absolute atomic E-state index is 16.1. The summed E-state index contributed by atoms with van der Waals surface area (Å²) in [5.74, 6) is -1.13. The van der Waals surface area contributed by atoms with E-state index in [1.54, 1.807) is 33.1 Å². The molecule has 2 heterocycles. The van der Waals surface area contributed by atoms with Gasteiger partial charge in [0.25, 0.3) is 5.56 Å². The zero-order valence-electron chi connectivity index (χ0n) is 30.7. The smallest absolute Gasteiger partial charge is 0.416 e. The van der Waals surface area contributed by atoms with E-state index in [-0.39, 0.29) is 42.1 Å². The fourth-order valence-electron chi connectivity index (χ4n) is 6.96. The molecule has 1 saturated heterocycles. The van der Waals surface area contributed by atoms with Crippen LogP contribution in [0.25, 0.3) is 11.1 Å². The highest BCUT2D eigenvalue weighted by Gasteiger charge is 2.36. The number of halogens is 4. The number of nitrogens with zero attached hydrogens (tertiary/aromatic N) is 2. The van der Waals surface area contributed by atoms with Crippen LogP contribution in [0.1, 0.15) is 86.0 Å². The van der Waals surface area contributed by atoms with E-state index in [0.29, 0.717) is 29.8 Å². The molecular formula is C39H49F4N3O5. The van der Waals surface area contributed by atoms with E-state index in [4.69, 9.17) is 9.47 Å². The number of benzene rings is 2. The lowest BCUT2D eigenvalue weighted by molar-refractivity contribution is -0.144. The number of hydrogen-bond donors (Lipinski definition) is 1. The molecule has 12 heteroatoms. The molecular weight excluding hydrogens is 666 g/mol. The Morgan fingerprint density at radius 2 is 1.75 bits per heavy atom. The quantitative estimate of drug-likeness (QED) is 0.137. The van der Waals surface area contributed by atoms with Gasteiger partial charge in [-0.25, -0.2) is 4.39 Å². The number of methoxy groups -OCH3 is 1. The van der Waals surface area contributed by atoms with Crippen LogP contribution in [0.4, 0.5) is 17.6 Å². The van der Waals surface area contributed by atoms with Crippen molar-refractivity contribution in [3.63, 3.8) is 0 Å². The van der Waals surface area contributed by atoms with Crippen LogP contribution in [0.3, 0.4) is 0 Å². The van der Waals surface area contributed by atoms with Gasteiger partial charge in [0.15, 0.2) is 0 Å². The highest BCUT2D eigenvalue weighted by molar-refractivity contribution is 5.82. The molecule has 1 aromatic heterocycles. The number of esters is 1. The molecule has 1 fully saturated rings. The number of aromatic nitrogens is 1. The minimum absolute atomic E-state index is 0.0283. The van der Waals surface area contributed by atoms with Gasteiger partial charge in [-0.15, -0.1) is 0 Å². The summed E-state index contributed by atoms with van der Waals surface area (Å²) in [5, 5.41) is 2.80. The van der Waals surface area contributed by atoms with E-state index in [9.17, 15) is 27.6 Å². The Balaban J connectivity index is 1.80. The second-order valence-corrected chi connectivity index (χ2v) is 14.1. The standard InChI is InChI=1S/C39H49F4N3O5/c1-9-51-35(48)18-31(29-16-28(15-25(6)37(29)40)36-24(5)10-11-33(50-8)26(36)7)44-38(49)32(14-22(2)3)46-21-27(12-13-45-19-23(4)20-45)30(17-34(46)47)39(41,42)43/h10-11,15-17,21-23,31-32H,9,12-14,18-20H2,1-8H3,(H,44,49)/t31-,32?/m0/s1. The van der Waals surface area contributed by atoms with Crippen molar-refractivity contribution in [1.82, 2.24) is 14.8 Å². The maximum atomic E-state index is 16.1. The van der Waals surface area contributed by atoms with Gasteiger partial charge in [-0.3, -0.25) is 14.4 Å². The summed E-state index contributed by atoms with van der Waals surface area (Å²) in [6, 6.07) is 5.06. The number of alkyl halides is 3. The lowest BCUT2D eigenvalue weighted by atomic mass is 9.90. The number of rotatable bonds is 14. The molecule has 0 spiro atoms. The SMILES string of the molecule is CCOC(=O)C[C@H](NC(=O)C(CC(C)C)n1cc(CCN2CC(C)C2)c(C(F)(F)F)cc1=O)c1cc(-c2c(C)ccc(OC)c2C)cc(C)c1F. The molecule has 0 saturated carbocycles. The van der Waals surface area contributed by atoms with Crippen LogP contribution in [0.5, 0.6) is 5.75 Å². The molecule has 0 radical (unpaired) electrons. The Morgan fingerprint density at radius 1 is 1.06 bits per heavy atom. The third-order valence-corrected chi connectivity index (χ3v) is 9.42. The van der Waals surface area contributed by atoms with Crippen molar-refractivity contribution >= 4 is 11.9 Å². The van der Waals surface area contributed by atoms with Crippen LogP contribution in [0.15, 0.2) is 41.3 Å². The average molecular weight is 716 g/mol. The van der Waals surface area contributed by atoms with Crippen molar-refractivity contribution in [2.45, 2.75) is 86.0 Å². The number of ether oxygens (including phenoxy) is 2. The number of aryl methyl sites for hydroxylation is 2. The molecule has 278 valence electrons. The van der Waals surface area contributed by atoms with Crippen LogP contribution in [-0.4, -0.2) is 54.7 Å². The van der Waals surface area contributed by atoms with E-state index >= 15 is 4.39 Å². The second-order valence-electron chi connectivity index (χ2n) is 14.1. The number of likely N-dealkylation sites (tertiary alicyclic amines) is 1. The summed E-state index contributed by atoms with van der Waals surface area (Å²) in [4.78, 5) is 42.6. The predicted molar refractivity (Wildman–Crippen MR) is 188 cm³/mol. The van der Waals surface area contributed by atoms with Gasteiger partial charge in [0.2, 0.25) is 5.91 Å². The van der Waals surface area contributed by atoms with Crippen LogP contribution in [-0.2, 0) is 26.9 Å². The lowest BCUT2D eigenvalue weighted by Crippen LogP contribution is -2.46. The molecule has 2 aromatic carbocycles. The summed E-state index contributed by atoms with van der Waals surface area (Å²) in [6.45, 7) is 14.7. The molecule has 1 N–H and O–H groups in total. The first-order chi connectivity index (χ1) is 23.9. The number of amides is 1. The van der Waals surface area contributed by atoms with E-state index < -0.39 is 53.5 Å². The normalized spacial score (nSPS) is 15.0. The second kappa shape index (κ2) is 16.4. The summed E-state index contributed by atoms with van der Waals surface area (Å²) >= 11 is 0. The lowest BCUT2D eigenvalue weighted by Gasteiger charge is -2.37. The van der Waals surface area contributed by atoms with Crippen molar-refractivity contribution in [2.24, 2.45) is 11.8 Å². The van der Waals surface area contributed by atoms with Crippen LogP contribution in [0, 0.1) is 38.4 Å². The average Bonchev–Trinajstić information content (AvgIpc) is 3.02.